The van der Waals surface area contributed by atoms with Gasteiger partial charge < -0.3 is 5.43 Å². The zero-order valence-corrected chi connectivity index (χ0v) is 10.7. The fourth-order valence-corrected chi connectivity index (χ4v) is 1.71. The Morgan fingerprint density at radius 3 is 2.83 bits per heavy atom. The third kappa shape index (κ3) is 2.65. The molecule has 2 aromatic heterocycles. The third-order valence-corrected chi connectivity index (χ3v) is 2.63. The molecule has 2 rings (SSSR count). The molecule has 0 radical (unpaired) electrons. The summed E-state index contributed by atoms with van der Waals surface area (Å²) in [6.45, 7) is 5.06. The van der Waals surface area contributed by atoms with Crippen LogP contribution in [0.25, 0.3) is 11.4 Å². The van der Waals surface area contributed by atoms with Crippen LogP contribution in [0, 0.1) is 0 Å². The van der Waals surface area contributed by atoms with Gasteiger partial charge in [0, 0.05) is 24.5 Å². The summed E-state index contributed by atoms with van der Waals surface area (Å²) in [6.07, 6.45) is 5.63. The summed E-state index contributed by atoms with van der Waals surface area (Å²) in [5.74, 6) is 6.69. The number of anilines is 1. The van der Waals surface area contributed by atoms with Crippen LogP contribution < -0.4 is 11.3 Å². The van der Waals surface area contributed by atoms with Crippen molar-refractivity contribution < 1.29 is 0 Å². The Labute approximate surface area is 106 Å². The monoisotopic (exact) mass is 246 g/mol. The average Bonchev–Trinajstić information content (AvgIpc) is 2.87. The molecule has 6 heteroatoms. The second kappa shape index (κ2) is 5.59. The number of nitrogens with zero attached hydrogens (tertiary/aromatic N) is 4. The van der Waals surface area contributed by atoms with Crippen LogP contribution in [-0.2, 0) is 13.0 Å². The summed E-state index contributed by atoms with van der Waals surface area (Å²) >= 11 is 0. The number of hydrogen-bond acceptors (Lipinski definition) is 5. The van der Waals surface area contributed by atoms with Crippen molar-refractivity contribution in [1.82, 2.24) is 19.7 Å². The van der Waals surface area contributed by atoms with Crippen molar-refractivity contribution in [3.8, 4) is 11.4 Å². The van der Waals surface area contributed by atoms with Crippen LogP contribution in [0.2, 0.25) is 0 Å². The molecular formula is C12H18N6. The molecule has 96 valence electrons. The van der Waals surface area contributed by atoms with Crippen LogP contribution in [0.4, 0.5) is 5.82 Å². The van der Waals surface area contributed by atoms with Gasteiger partial charge in [-0.1, -0.05) is 13.8 Å². The summed E-state index contributed by atoms with van der Waals surface area (Å²) in [6, 6.07) is 1.85. The lowest BCUT2D eigenvalue weighted by molar-refractivity contribution is 0.603. The Kier molecular flexibility index (Phi) is 3.88. The number of nitrogens with two attached hydrogens (primary N) is 1. The Morgan fingerprint density at radius 1 is 1.33 bits per heavy atom. The van der Waals surface area contributed by atoms with Gasteiger partial charge in [0.1, 0.15) is 5.82 Å². The predicted octanol–water partition coefficient (Wildman–Crippen LogP) is 1.60. The summed E-state index contributed by atoms with van der Waals surface area (Å²) in [4.78, 5) is 8.83. The van der Waals surface area contributed by atoms with Gasteiger partial charge >= 0.3 is 0 Å². The molecule has 6 nitrogen and oxygen atoms in total. The van der Waals surface area contributed by atoms with Crippen molar-refractivity contribution in [2.75, 3.05) is 5.43 Å². The van der Waals surface area contributed by atoms with E-state index in [1.54, 1.807) is 6.20 Å². The van der Waals surface area contributed by atoms with E-state index in [0.29, 0.717) is 11.6 Å². The van der Waals surface area contributed by atoms with Crippen molar-refractivity contribution in [3.63, 3.8) is 0 Å². The van der Waals surface area contributed by atoms with Crippen LogP contribution in [0.1, 0.15) is 26.0 Å². The highest BCUT2D eigenvalue weighted by molar-refractivity contribution is 5.55. The largest absolute Gasteiger partial charge is 0.308 e. The van der Waals surface area contributed by atoms with Gasteiger partial charge in [-0.3, -0.25) is 4.68 Å². The van der Waals surface area contributed by atoms with Crippen LogP contribution in [-0.4, -0.2) is 19.7 Å². The van der Waals surface area contributed by atoms with Crippen LogP contribution >= 0.6 is 0 Å². The number of hydrogen-bond donors (Lipinski definition) is 2. The fraction of sp³-hybridized carbons (Fsp3) is 0.417. The highest BCUT2D eigenvalue weighted by atomic mass is 15.3. The topological polar surface area (TPSA) is 81.7 Å². The molecule has 0 bridgehead atoms. The van der Waals surface area contributed by atoms with Gasteiger partial charge in [-0.2, -0.15) is 5.10 Å². The van der Waals surface area contributed by atoms with Gasteiger partial charge in [0.05, 0.1) is 11.8 Å². The van der Waals surface area contributed by atoms with E-state index in [1.807, 2.05) is 23.9 Å². The van der Waals surface area contributed by atoms with Crippen LogP contribution in [0.5, 0.6) is 0 Å². The number of nitrogen functional groups attached to an aromatic ring is 1. The third-order valence-electron chi connectivity index (χ3n) is 2.63. The molecule has 0 aromatic carbocycles. The molecule has 2 aromatic rings. The zero-order chi connectivity index (χ0) is 13.0. The normalized spacial score (nSPS) is 10.6. The van der Waals surface area contributed by atoms with Crippen molar-refractivity contribution in [2.45, 2.75) is 33.2 Å². The molecule has 0 amide bonds. The number of aromatic nitrogens is 4. The first kappa shape index (κ1) is 12.5. The van der Waals surface area contributed by atoms with Gasteiger partial charge in [-0.05, 0) is 12.8 Å². The van der Waals surface area contributed by atoms with Crippen molar-refractivity contribution in [1.29, 1.82) is 0 Å². The number of hydrazine groups is 1. The minimum Gasteiger partial charge on any atom is -0.308 e. The van der Waals surface area contributed by atoms with E-state index in [9.17, 15) is 0 Å². The first-order chi connectivity index (χ1) is 8.76. The number of aryl methyl sites for hydroxylation is 2. The SMILES string of the molecule is CCCn1cc(-c2nc(CC)cc(NN)n2)cn1. The summed E-state index contributed by atoms with van der Waals surface area (Å²) in [5.41, 5.74) is 4.43. The molecule has 0 fully saturated rings. The highest BCUT2D eigenvalue weighted by Gasteiger charge is 2.08. The van der Waals surface area contributed by atoms with Gasteiger partial charge in [0.2, 0.25) is 0 Å². The molecule has 0 atom stereocenters. The van der Waals surface area contributed by atoms with E-state index in [2.05, 4.69) is 27.4 Å². The Balaban J connectivity index is 2.35. The van der Waals surface area contributed by atoms with Crippen molar-refractivity contribution >= 4 is 5.82 Å². The fourth-order valence-electron chi connectivity index (χ4n) is 1.71. The van der Waals surface area contributed by atoms with Crippen LogP contribution in [0.3, 0.4) is 0 Å². The maximum Gasteiger partial charge on any atom is 0.164 e. The maximum absolute atomic E-state index is 5.41. The summed E-state index contributed by atoms with van der Waals surface area (Å²) in [7, 11) is 0. The smallest absolute Gasteiger partial charge is 0.164 e. The first-order valence-electron chi connectivity index (χ1n) is 6.14. The van der Waals surface area contributed by atoms with Crippen molar-refractivity contribution in [2.24, 2.45) is 5.84 Å². The molecule has 0 aliphatic rings. The van der Waals surface area contributed by atoms with E-state index in [4.69, 9.17) is 5.84 Å². The predicted molar refractivity (Wildman–Crippen MR) is 70.7 cm³/mol. The van der Waals surface area contributed by atoms with Gasteiger partial charge in [0.15, 0.2) is 5.82 Å². The zero-order valence-electron chi connectivity index (χ0n) is 10.7. The summed E-state index contributed by atoms with van der Waals surface area (Å²) in [5, 5.41) is 4.28. The molecule has 0 spiro atoms. The average molecular weight is 246 g/mol. The molecule has 0 aliphatic heterocycles. The molecule has 0 saturated carbocycles. The Morgan fingerprint density at radius 2 is 2.17 bits per heavy atom. The molecule has 0 unspecified atom stereocenters. The Bertz CT molecular complexity index is 497. The van der Waals surface area contributed by atoms with E-state index in [-0.39, 0.29) is 0 Å². The van der Waals surface area contributed by atoms with Gasteiger partial charge in [-0.15, -0.1) is 0 Å². The number of rotatable bonds is 5. The van der Waals surface area contributed by atoms with E-state index in [0.717, 1.165) is 30.6 Å². The van der Waals surface area contributed by atoms with Crippen LogP contribution in [0.15, 0.2) is 18.5 Å². The Hall–Kier alpha value is -1.95. The maximum atomic E-state index is 5.41. The lowest BCUT2D eigenvalue weighted by Crippen LogP contribution is -2.10. The number of nitrogens with one attached hydrogen (secondary N) is 1. The minimum absolute atomic E-state index is 0.625. The second-order valence-corrected chi connectivity index (χ2v) is 4.06. The minimum atomic E-state index is 0.625. The molecule has 0 aliphatic carbocycles. The van der Waals surface area contributed by atoms with E-state index in [1.165, 1.54) is 0 Å². The molecular weight excluding hydrogens is 228 g/mol. The van der Waals surface area contributed by atoms with E-state index >= 15 is 0 Å². The molecule has 0 saturated heterocycles. The lowest BCUT2D eigenvalue weighted by Gasteiger charge is -2.04. The standard InChI is InChI=1S/C12H18N6/c1-3-5-18-8-9(7-14-18)12-15-10(4-2)6-11(16-12)17-13/h6-8H,3-5,13H2,1-2H3,(H,15,16,17). The second-order valence-electron chi connectivity index (χ2n) is 4.06. The quantitative estimate of drug-likeness (QED) is 0.618. The van der Waals surface area contributed by atoms with Gasteiger partial charge in [-0.25, -0.2) is 15.8 Å². The molecule has 2 heterocycles. The van der Waals surface area contributed by atoms with Gasteiger partial charge in [0.25, 0.3) is 0 Å². The highest BCUT2D eigenvalue weighted by Crippen LogP contribution is 2.17. The molecule has 18 heavy (non-hydrogen) atoms. The lowest BCUT2D eigenvalue weighted by atomic mass is 10.2. The first-order valence-corrected chi connectivity index (χ1v) is 6.14. The summed E-state index contributed by atoms with van der Waals surface area (Å²) < 4.78 is 1.90. The molecule has 3 N–H and O–H groups in total. The van der Waals surface area contributed by atoms with E-state index < -0.39 is 0 Å². The van der Waals surface area contributed by atoms with Crippen molar-refractivity contribution in [3.05, 3.63) is 24.2 Å².